The van der Waals surface area contributed by atoms with Crippen molar-refractivity contribution in [1.29, 1.82) is 0 Å². The Morgan fingerprint density at radius 3 is 2.78 bits per heavy atom. The normalized spacial score (nSPS) is 11.1. The van der Waals surface area contributed by atoms with E-state index in [0.717, 1.165) is 15.8 Å². The first-order valence-electron chi connectivity index (χ1n) is 5.72. The highest BCUT2D eigenvalue weighted by Gasteiger charge is 2.12. The Morgan fingerprint density at radius 2 is 2.06 bits per heavy atom. The summed E-state index contributed by atoms with van der Waals surface area (Å²) in [5.74, 6) is 0. The fraction of sp³-hybridized carbons (Fsp3) is 0.143. The highest BCUT2D eigenvalue weighted by atomic mass is 79.9. The van der Waals surface area contributed by atoms with Gasteiger partial charge in [-0.1, -0.05) is 6.07 Å². The SMILES string of the molecule is Cc1cc2ncc(Br)n2c(C)c1-c1cccnc1. The van der Waals surface area contributed by atoms with Crippen LogP contribution in [0, 0.1) is 13.8 Å². The Labute approximate surface area is 114 Å². The van der Waals surface area contributed by atoms with Crippen molar-refractivity contribution in [3.63, 3.8) is 0 Å². The second kappa shape index (κ2) is 4.21. The molecule has 0 aliphatic heterocycles. The monoisotopic (exact) mass is 301 g/mol. The van der Waals surface area contributed by atoms with Gasteiger partial charge in [-0.15, -0.1) is 0 Å². The van der Waals surface area contributed by atoms with Gasteiger partial charge in [0, 0.05) is 29.2 Å². The van der Waals surface area contributed by atoms with E-state index in [-0.39, 0.29) is 0 Å². The first-order valence-corrected chi connectivity index (χ1v) is 6.51. The predicted octanol–water partition coefficient (Wildman–Crippen LogP) is 3.78. The summed E-state index contributed by atoms with van der Waals surface area (Å²) in [6.45, 7) is 4.21. The lowest BCUT2D eigenvalue weighted by Crippen LogP contribution is -1.98. The Hall–Kier alpha value is -1.68. The Morgan fingerprint density at radius 1 is 1.22 bits per heavy atom. The number of hydrogen-bond acceptors (Lipinski definition) is 2. The van der Waals surface area contributed by atoms with E-state index in [1.807, 2.05) is 18.5 Å². The molecule has 0 aliphatic rings. The summed E-state index contributed by atoms with van der Waals surface area (Å²) in [5, 5.41) is 0. The molecule has 3 heterocycles. The Bertz CT molecular complexity index is 717. The quantitative estimate of drug-likeness (QED) is 0.685. The van der Waals surface area contributed by atoms with Crippen LogP contribution in [0.3, 0.4) is 0 Å². The van der Waals surface area contributed by atoms with Gasteiger partial charge in [0.1, 0.15) is 10.3 Å². The largest absolute Gasteiger partial charge is 0.291 e. The van der Waals surface area contributed by atoms with Gasteiger partial charge >= 0.3 is 0 Å². The summed E-state index contributed by atoms with van der Waals surface area (Å²) in [6, 6.07) is 6.14. The number of imidazole rings is 1. The predicted molar refractivity (Wildman–Crippen MR) is 75.6 cm³/mol. The number of aromatic nitrogens is 3. The molecule has 3 rings (SSSR count). The van der Waals surface area contributed by atoms with E-state index in [9.17, 15) is 0 Å². The summed E-state index contributed by atoms with van der Waals surface area (Å²) < 4.78 is 3.08. The van der Waals surface area contributed by atoms with Gasteiger partial charge in [-0.2, -0.15) is 0 Å². The van der Waals surface area contributed by atoms with Gasteiger partial charge in [-0.3, -0.25) is 9.38 Å². The van der Waals surface area contributed by atoms with Crippen LogP contribution in [0.15, 0.2) is 41.4 Å². The van der Waals surface area contributed by atoms with Gasteiger partial charge < -0.3 is 0 Å². The maximum Gasteiger partial charge on any atom is 0.138 e. The smallest absolute Gasteiger partial charge is 0.138 e. The Balaban J connectivity index is 2.39. The molecule has 0 atom stereocenters. The second-order valence-electron chi connectivity index (χ2n) is 4.30. The van der Waals surface area contributed by atoms with E-state index in [2.05, 4.69) is 56.3 Å². The van der Waals surface area contributed by atoms with Gasteiger partial charge in [-0.05, 0) is 47.5 Å². The number of hydrogen-bond donors (Lipinski definition) is 0. The molecular weight excluding hydrogens is 290 g/mol. The molecule has 0 fully saturated rings. The van der Waals surface area contributed by atoms with E-state index in [1.54, 1.807) is 6.20 Å². The number of rotatable bonds is 1. The second-order valence-corrected chi connectivity index (χ2v) is 5.12. The molecule has 0 unspecified atom stereocenters. The topological polar surface area (TPSA) is 30.2 Å². The van der Waals surface area contributed by atoms with Gasteiger partial charge in [0.15, 0.2) is 0 Å². The van der Waals surface area contributed by atoms with Crippen LogP contribution in [0.1, 0.15) is 11.3 Å². The van der Waals surface area contributed by atoms with Crippen LogP contribution in [0.2, 0.25) is 0 Å². The minimum absolute atomic E-state index is 0.963. The summed E-state index contributed by atoms with van der Waals surface area (Å²) in [4.78, 5) is 8.57. The van der Waals surface area contributed by atoms with Crippen LogP contribution in [-0.4, -0.2) is 14.4 Å². The van der Waals surface area contributed by atoms with Crippen molar-refractivity contribution < 1.29 is 0 Å². The standard InChI is InChI=1S/C14H12BrN3/c1-9-6-13-17-8-12(15)18(13)10(2)14(9)11-4-3-5-16-7-11/h3-8H,1-2H3. The van der Waals surface area contributed by atoms with Crippen LogP contribution in [0.5, 0.6) is 0 Å². The van der Waals surface area contributed by atoms with Crippen LogP contribution < -0.4 is 0 Å². The number of aryl methyl sites for hydroxylation is 2. The molecule has 3 aromatic heterocycles. The van der Waals surface area contributed by atoms with Gasteiger partial charge in [0.25, 0.3) is 0 Å². The lowest BCUT2D eigenvalue weighted by atomic mass is 10.0. The molecule has 0 radical (unpaired) electrons. The number of pyridine rings is 2. The van der Waals surface area contributed by atoms with Gasteiger partial charge in [0.2, 0.25) is 0 Å². The fourth-order valence-corrected chi connectivity index (χ4v) is 2.94. The summed E-state index contributed by atoms with van der Waals surface area (Å²) >= 11 is 3.53. The molecule has 0 aliphatic carbocycles. The molecule has 0 bridgehead atoms. The number of nitrogens with zero attached hydrogens (tertiary/aromatic N) is 3. The third kappa shape index (κ3) is 1.64. The van der Waals surface area contributed by atoms with Crippen LogP contribution in [0.25, 0.3) is 16.8 Å². The Kier molecular flexibility index (Phi) is 2.67. The zero-order chi connectivity index (χ0) is 12.7. The lowest BCUT2D eigenvalue weighted by molar-refractivity contribution is 1.06. The first-order chi connectivity index (χ1) is 8.68. The molecule has 4 heteroatoms. The van der Waals surface area contributed by atoms with Crippen molar-refractivity contribution >= 4 is 21.6 Å². The summed E-state index contributed by atoms with van der Waals surface area (Å²) in [7, 11) is 0. The van der Waals surface area contributed by atoms with Gasteiger partial charge in [-0.25, -0.2) is 4.98 Å². The van der Waals surface area contributed by atoms with Crippen molar-refractivity contribution in [2.45, 2.75) is 13.8 Å². The zero-order valence-electron chi connectivity index (χ0n) is 10.2. The minimum atomic E-state index is 0.963. The molecule has 0 aromatic carbocycles. The third-order valence-corrected chi connectivity index (χ3v) is 3.69. The summed E-state index contributed by atoms with van der Waals surface area (Å²) in [6.07, 6.45) is 5.51. The molecule has 0 saturated heterocycles. The molecule has 0 amide bonds. The number of fused-ring (bicyclic) bond motifs is 1. The molecule has 3 aromatic rings. The summed E-state index contributed by atoms with van der Waals surface area (Å²) in [5.41, 5.74) is 5.70. The van der Waals surface area contributed by atoms with E-state index in [4.69, 9.17) is 0 Å². The molecule has 0 N–H and O–H groups in total. The van der Waals surface area contributed by atoms with E-state index in [1.165, 1.54) is 16.8 Å². The van der Waals surface area contributed by atoms with Crippen LogP contribution >= 0.6 is 15.9 Å². The zero-order valence-corrected chi connectivity index (χ0v) is 11.8. The third-order valence-electron chi connectivity index (χ3n) is 3.13. The van der Waals surface area contributed by atoms with Crippen molar-refractivity contribution in [3.05, 3.63) is 52.7 Å². The van der Waals surface area contributed by atoms with E-state index >= 15 is 0 Å². The van der Waals surface area contributed by atoms with Crippen molar-refractivity contribution in [1.82, 2.24) is 14.4 Å². The molecular formula is C14H12BrN3. The highest BCUT2D eigenvalue weighted by Crippen LogP contribution is 2.29. The maximum atomic E-state index is 4.38. The molecule has 0 spiro atoms. The highest BCUT2D eigenvalue weighted by molar-refractivity contribution is 9.10. The molecule has 0 saturated carbocycles. The molecule has 3 nitrogen and oxygen atoms in total. The molecule has 90 valence electrons. The molecule has 18 heavy (non-hydrogen) atoms. The average molecular weight is 302 g/mol. The van der Waals surface area contributed by atoms with E-state index in [0.29, 0.717) is 0 Å². The van der Waals surface area contributed by atoms with Crippen molar-refractivity contribution in [2.24, 2.45) is 0 Å². The van der Waals surface area contributed by atoms with E-state index < -0.39 is 0 Å². The maximum absolute atomic E-state index is 4.38. The van der Waals surface area contributed by atoms with Crippen LogP contribution in [-0.2, 0) is 0 Å². The minimum Gasteiger partial charge on any atom is -0.291 e. The number of halogens is 1. The van der Waals surface area contributed by atoms with Crippen molar-refractivity contribution in [3.8, 4) is 11.1 Å². The van der Waals surface area contributed by atoms with Crippen molar-refractivity contribution in [2.75, 3.05) is 0 Å². The van der Waals surface area contributed by atoms with Crippen LogP contribution in [0.4, 0.5) is 0 Å². The first kappa shape index (κ1) is 11.4. The fourth-order valence-electron chi connectivity index (χ4n) is 2.39. The van der Waals surface area contributed by atoms with Gasteiger partial charge in [0.05, 0.1) is 6.20 Å². The lowest BCUT2D eigenvalue weighted by Gasteiger charge is -2.12. The average Bonchev–Trinajstić information content (AvgIpc) is 2.72.